The van der Waals surface area contributed by atoms with E-state index in [2.05, 4.69) is 0 Å². The van der Waals surface area contributed by atoms with E-state index in [1.54, 1.807) is 0 Å². The van der Waals surface area contributed by atoms with Gasteiger partial charge in [0.1, 0.15) is 5.82 Å². The van der Waals surface area contributed by atoms with Crippen LogP contribution in [0, 0.1) is 5.82 Å². The molecule has 1 heterocycles. The Hall–Kier alpha value is -2.21. The van der Waals surface area contributed by atoms with Crippen molar-refractivity contribution >= 4 is 21.5 Å². The Kier molecular flexibility index (Phi) is 3.48. The zero-order chi connectivity index (χ0) is 15.9. The first-order valence-corrected chi connectivity index (χ1v) is 8.26. The van der Waals surface area contributed by atoms with Crippen molar-refractivity contribution in [1.29, 1.82) is 0 Å². The summed E-state index contributed by atoms with van der Waals surface area (Å²) in [6.07, 6.45) is 0.484. The van der Waals surface area contributed by atoms with Gasteiger partial charge < -0.3 is 0 Å². The van der Waals surface area contributed by atoms with Crippen LogP contribution in [0.5, 0.6) is 0 Å². The van der Waals surface area contributed by atoms with Crippen LogP contribution in [0.2, 0.25) is 0 Å². The van der Waals surface area contributed by atoms with Crippen LogP contribution >= 0.6 is 0 Å². The number of ketones is 1. The number of Topliss-reactive ketones (excluding diaryl/α,β-unsaturated/α-hetero) is 1. The number of fused-ring (bicyclic) bond motifs is 1. The Bertz CT molecular complexity index is 844. The molecular weight excluding hydrogens is 305 g/mol. The van der Waals surface area contributed by atoms with E-state index in [0.717, 1.165) is 0 Å². The van der Waals surface area contributed by atoms with E-state index in [4.69, 9.17) is 0 Å². The summed E-state index contributed by atoms with van der Waals surface area (Å²) in [4.78, 5) is 11.4. The number of hydrogen-bond donors (Lipinski definition) is 0. The third kappa shape index (κ3) is 2.39. The Morgan fingerprint density at radius 1 is 1.14 bits per heavy atom. The van der Waals surface area contributed by atoms with Crippen LogP contribution in [-0.2, 0) is 16.4 Å². The van der Waals surface area contributed by atoms with Crippen molar-refractivity contribution in [2.75, 3.05) is 10.8 Å². The first-order chi connectivity index (χ1) is 10.4. The molecule has 6 heteroatoms. The maximum absolute atomic E-state index is 13.2. The molecule has 1 aliphatic heterocycles. The van der Waals surface area contributed by atoms with Crippen molar-refractivity contribution in [2.45, 2.75) is 18.2 Å². The summed E-state index contributed by atoms with van der Waals surface area (Å²) < 4.78 is 39.9. The van der Waals surface area contributed by atoms with Crippen molar-refractivity contribution in [3.8, 4) is 0 Å². The molecule has 3 rings (SSSR count). The van der Waals surface area contributed by atoms with Crippen LogP contribution in [0.25, 0.3) is 0 Å². The van der Waals surface area contributed by atoms with Crippen molar-refractivity contribution in [3.63, 3.8) is 0 Å². The van der Waals surface area contributed by atoms with Gasteiger partial charge in [-0.05, 0) is 49.2 Å². The number of rotatable bonds is 3. The zero-order valence-corrected chi connectivity index (χ0v) is 12.7. The Balaban J connectivity index is 2.00. The fourth-order valence-electron chi connectivity index (χ4n) is 2.58. The lowest BCUT2D eigenvalue weighted by Gasteiger charge is -2.19. The second-order valence-corrected chi connectivity index (χ2v) is 7.04. The topological polar surface area (TPSA) is 54.5 Å². The van der Waals surface area contributed by atoms with Gasteiger partial charge in [0.15, 0.2) is 5.78 Å². The molecule has 0 N–H and O–H groups in total. The number of halogens is 1. The lowest BCUT2D eigenvalue weighted by Crippen LogP contribution is -2.29. The van der Waals surface area contributed by atoms with E-state index in [1.165, 1.54) is 53.7 Å². The molecule has 0 aliphatic carbocycles. The summed E-state index contributed by atoms with van der Waals surface area (Å²) in [5, 5.41) is 0. The highest BCUT2D eigenvalue weighted by atomic mass is 32.2. The summed E-state index contributed by atoms with van der Waals surface area (Å²) in [5.41, 5.74) is 1.66. The number of hydrogen-bond acceptors (Lipinski definition) is 3. The fourth-order valence-corrected chi connectivity index (χ4v) is 4.08. The van der Waals surface area contributed by atoms with Crippen LogP contribution in [0.15, 0.2) is 47.4 Å². The molecule has 4 nitrogen and oxygen atoms in total. The molecule has 2 aromatic rings. The number of nitrogens with zero attached hydrogens (tertiary/aromatic N) is 1. The molecule has 0 atom stereocenters. The van der Waals surface area contributed by atoms with E-state index in [1.807, 2.05) is 0 Å². The molecule has 0 spiro atoms. The molecular formula is C16H14FNO3S. The smallest absolute Gasteiger partial charge is 0.264 e. The minimum atomic E-state index is -3.71. The van der Waals surface area contributed by atoms with Gasteiger partial charge in [-0.2, -0.15) is 0 Å². The van der Waals surface area contributed by atoms with Crippen LogP contribution in [0.4, 0.5) is 10.1 Å². The second-order valence-electron chi connectivity index (χ2n) is 5.18. The average molecular weight is 319 g/mol. The molecule has 114 valence electrons. The van der Waals surface area contributed by atoms with Gasteiger partial charge in [-0.15, -0.1) is 0 Å². The maximum Gasteiger partial charge on any atom is 0.264 e. The first kappa shape index (κ1) is 14.7. The summed E-state index contributed by atoms with van der Waals surface area (Å²) in [6.45, 7) is 1.71. The number of carbonyl (C=O) groups excluding carboxylic acids is 1. The molecule has 0 amide bonds. The lowest BCUT2D eigenvalue weighted by molar-refractivity contribution is 0.101. The standard InChI is InChI=1S/C16H14FNO3S/c1-11(19)12-2-5-15(6-3-12)22(20,21)18-9-8-13-10-14(17)4-7-16(13)18/h2-7,10H,8-9H2,1H3. The first-order valence-electron chi connectivity index (χ1n) is 6.82. The predicted octanol–water partition coefficient (Wildman–Crippen LogP) is 2.78. The van der Waals surface area contributed by atoms with Gasteiger partial charge in [-0.1, -0.05) is 12.1 Å². The summed E-state index contributed by atoms with van der Waals surface area (Å²) in [5.74, 6) is -0.491. The maximum atomic E-state index is 13.2. The Labute approximate surface area is 128 Å². The summed E-state index contributed by atoms with van der Waals surface area (Å²) in [6, 6.07) is 9.95. The van der Waals surface area contributed by atoms with Crippen LogP contribution in [0.3, 0.4) is 0 Å². The molecule has 0 aromatic heterocycles. The average Bonchev–Trinajstić information content (AvgIpc) is 2.91. The van der Waals surface area contributed by atoms with E-state index < -0.39 is 10.0 Å². The molecule has 1 aliphatic rings. The van der Waals surface area contributed by atoms with Gasteiger partial charge in [0.2, 0.25) is 0 Å². The van der Waals surface area contributed by atoms with Crippen molar-refractivity contribution in [2.24, 2.45) is 0 Å². The highest BCUT2D eigenvalue weighted by molar-refractivity contribution is 7.92. The number of benzene rings is 2. The Morgan fingerprint density at radius 2 is 1.82 bits per heavy atom. The van der Waals surface area contributed by atoms with E-state index >= 15 is 0 Å². The second kappa shape index (κ2) is 5.21. The zero-order valence-electron chi connectivity index (χ0n) is 11.9. The van der Waals surface area contributed by atoms with E-state index in [0.29, 0.717) is 23.2 Å². The van der Waals surface area contributed by atoms with Crippen molar-refractivity contribution in [1.82, 2.24) is 0 Å². The normalized spacial score (nSPS) is 14.0. The van der Waals surface area contributed by atoms with E-state index in [9.17, 15) is 17.6 Å². The van der Waals surface area contributed by atoms with Gasteiger partial charge in [0, 0.05) is 12.1 Å². The summed E-state index contributed by atoms with van der Waals surface area (Å²) in [7, 11) is -3.71. The minimum Gasteiger partial charge on any atom is -0.295 e. The van der Waals surface area contributed by atoms with Gasteiger partial charge in [0.05, 0.1) is 10.6 Å². The third-order valence-electron chi connectivity index (χ3n) is 3.74. The minimum absolute atomic E-state index is 0.119. The van der Waals surface area contributed by atoms with Gasteiger partial charge >= 0.3 is 0 Å². The molecule has 22 heavy (non-hydrogen) atoms. The van der Waals surface area contributed by atoms with Gasteiger partial charge in [-0.3, -0.25) is 9.10 Å². The number of carbonyl (C=O) groups is 1. The predicted molar refractivity (Wildman–Crippen MR) is 81.1 cm³/mol. The molecule has 0 saturated carbocycles. The van der Waals surface area contributed by atoms with Crippen LogP contribution < -0.4 is 4.31 Å². The van der Waals surface area contributed by atoms with E-state index in [-0.39, 0.29) is 23.0 Å². The molecule has 0 bridgehead atoms. The third-order valence-corrected chi connectivity index (χ3v) is 5.57. The molecule has 0 radical (unpaired) electrons. The number of sulfonamides is 1. The van der Waals surface area contributed by atoms with Crippen molar-refractivity contribution < 1.29 is 17.6 Å². The highest BCUT2D eigenvalue weighted by Gasteiger charge is 2.31. The van der Waals surface area contributed by atoms with Crippen LogP contribution in [-0.4, -0.2) is 20.7 Å². The molecule has 0 saturated heterocycles. The fraction of sp³-hybridized carbons (Fsp3) is 0.188. The van der Waals surface area contributed by atoms with Gasteiger partial charge in [0.25, 0.3) is 10.0 Å². The largest absolute Gasteiger partial charge is 0.295 e. The quantitative estimate of drug-likeness (QED) is 0.818. The highest BCUT2D eigenvalue weighted by Crippen LogP contribution is 2.33. The van der Waals surface area contributed by atoms with Gasteiger partial charge in [-0.25, -0.2) is 12.8 Å². The molecule has 0 fully saturated rings. The molecule has 0 unspecified atom stereocenters. The SMILES string of the molecule is CC(=O)c1ccc(S(=O)(=O)N2CCc3cc(F)ccc32)cc1. The number of anilines is 1. The lowest BCUT2D eigenvalue weighted by atomic mass is 10.2. The van der Waals surface area contributed by atoms with Crippen LogP contribution in [0.1, 0.15) is 22.8 Å². The summed E-state index contributed by atoms with van der Waals surface area (Å²) >= 11 is 0. The monoisotopic (exact) mass is 319 g/mol. The molecule has 2 aromatic carbocycles. The Morgan fingerprint density at radius 3 is 2.45 bits per heavy atom. The van der Waals surface area contributed by atoms with Crippen molar-refractivity contribution in [3.05, 3.63) is 59.4 Å².